The molecule has 10 heteroatoms. The Labute approximate surface area is 148 Å². The molecule has 0 radical (unpaired) electrons. The standard InChI is InChI=1S/C16H16N2O7S/c1-25-15-12(13(19)14(15)20)17-9-4-2-5-10(8-9)26(23,24)18-7-3-6-11(18)16(21)22/h2,4-5,8,11,17H,3,6-7H2,1H3,(H,21,22)/t11-/m0/s1. The summed E-state index contributed by atoms with van der Waals surface area (Å²) in [6.45, 7) is 0.128. The van der Waals surface area contributed by atoms with Crippen LogP contribution in [0.2, 0.25) is 0 Å². The molecule has 0 spiro atoms. The van der Waals surface area contributed by atoms with Gasteiger partial charge in [0.15, 0.2) is 5.75 Å². The van der Waals surface area contributed by atoms with Crippen LogP contribution in [0.3, 0.4) is 0 Å². The van der Waals surface area contributed by atoms with Crippen molar-refractivity contribution in [3.63, 3.8) is 0 Å². The smallest absolute Gasteiger partial charge is 0.322 e. The maximum Gasteiger partial charge on any atom is 0.322 e. The number of rotatable bonds is 6. The number of aliphatic carboxylic acids is 1. The number of benzene rings is 1. The fraction of sp³-hybridized carbons (Fsp3) is 0.312. The Morgan fingerprint density at radius 1 is 1.31 bits per heavy atom. The van der Waals surface area contributed by atoms with E-state index in [2.05, 4.69) is 5.32 Å². The van der Waals surface area contributed by atoms with E-state index < -0.39 is 32.9 Å². The molecule has 138 valence electrons. The molecule has 1 aliphatic rings. The average molecular weight is 380 g/mol. The molecular formula is C16H16N2O7S. The number of carbonyl (C=O) groups is 1. The minimum atomic E-state index is -4.01. The molecule has 1 aliphatic heterocycles. The normalized spacial score (nSPS) is 18.1. The van der Waals surface area contributed by atoms with Crippen LogP contribution in [0.1, 0.15) is 12.8 Å². The van der Waals surface area contributed by atoms with Gasteiger partial charge in [0.2, 0.25) is 10.0 Å². The van der Waals surface area contributed by atoms with Crippen molar-refractivity contribution < 1.29 is 23.1 Å². The van der Waals surface area contributed by atoms with Crippen LogP contribution in [0.15, 0.2) is 38.8 Å². The Kier molecular flexibility index (Phi) is 4.55. The molecule has 1 atom stereocenters. The number of nitrogens with one attached hydrogen (secondary N) is 1. The van der Waals surface area contributed by atoms with Gasteiger partial charge in [0.05, 0.1) is 12.0 Å². The maximum atomic E-state index is 12.8. The number of ether oxygens (including phenoxy) is 1. The largest absolute Gasteiger partial charge is 0.491 e. The van der Waals surface area contributed by atoms with Crippen LogP contribution in [0.25, 0.3) is 0 Å². The first-order valence-corrected chi connectivity index (χ1v) is 9.20. The summed E-state index contributed by atoms with van der Waals surface area (Å²) in [5, 5.41) is 11.9. The highest BCUT2D eigenvalue weighted by Gasteiger charge is 2.39. The Balaban J connectivity index is 1.92. The molecule has 1 fully saturated rings. The van der Waals surface area contributed by atoms with Gasteiger partial charge in [-0.05, 0) is 31.0 Å². The van der Waals surface area contributed by atoms with Gasteiger partial charge in [-0.15, -0.1) is 0 Å². The molecular weight excluding hydrogens is 364 g/mol. The molecule has 2 N–H and O–H groups in total. The summed E-state index contributed by atoms with van der Waals surface area (Å²) in [6, 6.07) is 4.51. The predicted molar refractivity (Wildman–Crippen MR) is 92.2 cm³/mol. The summed E-state index contributed by atoms with van der Waals surface area (Å²) in [5.41, 5.74) is -1.28. The van der Waals surface area contributed by atoms with E-state index in [1.165, 1.54) is 31.4 Å². The number of sulfonamides is 1. The average Bonchev–Trinajstić information content (AvgIpc) is 3.12. The van der Waals surface area contributed by atoms with Crippen LogP contribution < -0.4 is 20.9 Å². The SMILES string of the molecule is COc1c(Nc2cccc(S(=O)(=O)N3CCC[C@H]3C(=O)O)c2)c(=O)c1=O. The first-order chi connectivity index (χ1) is 12.3. The van der Waals surface area contributed by atoms with Crippen molar-refractivity contribution in [1.82, 2.24) is 4.31 Å². The first kappa shape index (κ1) is 18.1. The zero-order valence-corrected chi connectivity index (χ0v) is 14.6. The minimum absolute atomic E-state index is 0.0448. The lowest BCUT2D eigenvalue weighted by Crippen LogP contribution is -2.40. The van der Waals surface area contributed by atoms with Crippen molar-refractivity contribution in [3.05, 3.63) is 44.7 Å². The molecule has 0 unspecified atom stereocenters. The van der Waals surface area contributed by atoms with E-state index in [-0.39, 0.29) is 35.0 Å². The number of nitrogens with zero attached hydrogens (tertiary/aromatic N) is 1. The summed E-state index contributed by atoms with van der Waals surface area (Å²) >= 11 is 0. The van der Waals surface area contributed by atoms with Crippen LogP contribution >= 0.6 is 0 Å². The number of carboxylic acid groups (broad SMARTS) is 1. The summed E-state index contributed by atoms with van der Waals surface area (Å²) < 4.78 is 31.4. The third-order valence-electron chi connectivity index (χ3n) is 4.27. The zero-order chi connectivity index (χ0) is 19.1. The summed E-state index contributed by atoms with van der Waals surface area (Å²) in [5.74, 6) is -1.30. The van der Waals surface area contributed by atoms with Gasteiger partial charge in [-0.25, -0.2) is 8.42 Å². The second-order valence-electron chi connectivity index (χ2n) is 5.83. The van der Waals surface area contributed by atoms with Gasteiger partial charge < -0.3 is 15.2 Å². The highest BCUT2D eigenvalue weighted by molar-refractivity contribution is 7.89. The molecule has 1 heterocycles. The van der Waals surface area contributed by atoms with Gasteiger partial charge in [-0.2, -0.15) is 4.31 Å². The topological polar surface area (TPSA) is 130 Å². The van der Waals surface area contributed by atoms with Gasteiger partial charge in [-0.3, -0.25) is 14.4 Å². The fourth-order valence-corrected chi connectivity index (χ4v) is 4.67. The minimum Gasteiger partial charge on any atom is -0.491 e. The number of carboxylic acids is 1. The maximum absolute atomic E-state index is 12.8. The fourth-order valence-electron chi connectivity index (χ4n) is 2.97. The van der Waals surface area contributed by atoms with Gasteiger partial charge in [0, 0.05) is 12.2 Å². The van der Waals surface area contributed by atoms with E-state index in [1.807, 2.05) is 0 Å². The van der Waals surface area contributed by atoms with Crippen molar-refractivity contribution in [1.29, 1.82) is 0 Å². The third kappa shape index (κ3) is 2.86. The lowest BCUT2D eigenvalue weighted by molar-refractivity contribution is -0.140. The summed E-state index contributed by atoms with van der Waals surface area (Å²) in [6.07, 6.45) is 0.724. The van der Waals surface area contributed by atoms with Crippen LogP contribution in [0.5, 0.6) is 5.75 Å². The molecule has 2 aromatic rings. The molecule has 9 nitrogen and oxygen atoms in total. The molecule has 1 saturated heterocycles. The monoisotopic (exact) mass is 380 g/mol. The van der Waals surface area contributed by atoms with E-state index in [9.17, 15) is 27.9 Å². The first-order valence-electron chi connectivity index (χ1n) is 7.76. The lowest BCUT2D eigenvalue weighted by Gasteiger charge is -2.21. The number of anilines is 2. The van der Waals surface area contributed by atoms with Crippen molar-refractivity contribution in [2.45, 2.75) is 23.8 Å². The number of hydrogen-bond donors (Lipinski definition) is 2. The van der Waals surface area contributed by atoms with Gasteiger partial charge in [-0.1, -0.05) is 6.07 Å². The van der Waals surface area contributed by atoms with Crippen molar-refractivity contribution in [3.8, 4) is 5.75 Å². The molecule has 3 rings (SSSR count). The highest BCUT2D eigenvalue weighted by atomic mass is 32.2. The Hall–Kier alpha value is -2.72. The van der Waals surface area contributed by atoms with Crippen LogP contribution in [-0.2, 0) is 14.8 Å². The Morgan fingerprint density at radius 2 is 2.04 bits per heavy atom. The number of hydrogen-bond acceptors (Lipinski definition) is 7. The summed E-state index contributed by atoms with van der Waals surface area (Å²) in [7, 11) is -2.76. The molecule has 0 aromatic heterocycles. The van der Waals surface area contributed by atoms with Crippen molar-refractivity contribution in [2.75, 3.05) is 19.0 Å². The molecule has 2 aromatic carbocycles. The van der Waals surface area contributed by atoms with Crippen LogP contribution in [-0.4, -0.2) is 43.5 Å². The molecule has 26 heavy (non-hydrogen) atoms. The van der Waals surface area contributed by atoms with E-state index >= 15 is 0 Å². The predicted octanol–water partition coefficient (Wildman–Crippen LogP) is 0.273. The van der Waals surface area contributed by atoms with Gasteiger partial charge in [0.25, 0.3) is 10.9 Å². The quantitative estimate of drug-likeness (QED) is 0.683. The molecule has 0 amide bonds. The highest BCUT2D eigenvalue weighted by Crippen LogP contribution is 2.29. The van der Waals surface area contributed by atoms with Gasteiger partial charge in [0.1, 0.15) is 11.7 Å². The molecule has 0 bridgehead atoms. The van der Waals surface area contributed by atoms with E-state index in [0.717, 1.165) is 4.31 Å². The summed E-state index contributed by atoms with van der Waals surface area (Å²) in [4.78, 5) is 34.1. The van der Waals surface area contributed by atoms with E-state index in [4.69, 9.17) is 4.74 Å². The van der Waals surface area contributed by atoms with Crippen LogP contribution in [0, 0.1) is 0 Å². The number of methoxy groups -OCH3 is 1. The zero-order valence-electron chi connectivity index (χ0n) is 13.8. The van der Waals surface area contributed by atoms with Crippen molar-refractivity contribution >= 4 is 27.4 Å². The lowest BCUT2D eigenvalue weighted by atomic mass is 10.2. The molecule has 0 saturated carbocycles. The molecule has 0 aliphatic carbocycles. The second-order valence-corrected chi connectivity index (χ2v) is 7.72. The third-order valence-corrected chi connectivity index (χ3v) is 6.17. The van der Waals surface area contributed by atoms with Gasteiger partial charge >= 0.3 is 5.97 Å². The van der Waals surface area contributed by atoms with E-state index in [0.29, 0.717) is 6.42 Å². The Bertz CT molecular complexity index is 1040. The Morgan fingerprint density at radius 3 is 2.69 bits per heavy atom. The second kappa shape index (κ2) is 6.54. The van der Waals surface area contributed by atoms with Crippen molar-refractivity contribution in [2.24, 2.45) is 0 Å². The van der Waals surface area contributed by atoms with E-state index in [1.54, 1.807) is 0 Å². The van der Waals surface area contributed by atoms with Crippen LogP contribution in [0.4, 0.5) is 11.4 Å².